The number of furan rings is 1. The second-order valence-corrected chi connectivity index (χ2v) is 4.49. The van der Waals surface area contributed by atoms with Crippen LogP contribution in [0.4, 0.5) is 4.39 Å². The zero-order valence-corrected chi connectivity index (χ0v) is 10.4. The fourth-order valence-corrected chi connectivity index (χ4v) is 2.43. The first-order chi connectivity index (χ1) is 9.84. The van der Waals surface area contributed by atoms with Gasteiger partial charge in [0.1, 0.15) is 5.58 Å². The lowest BCUT2D eigenvalue weighted by molar-refractivity contribution is 0.626. The Morgan fingerprint density at radius 3 is 2.80 bits per heavy atom. The molecule has 3 aromatic heterocycles. The predicted octanol–water partition coefficient (Wildman–Crippen LogP) is 4.18. The molecule has 0 amide bonds. The molecule has 0 N–H and O–H groups in total. The number of rotatable bonds is 1. The lowest BCUT2D eigenvalue weighted by atomic mass is 10.1. The van der Waals surface area contributed by atoms with E-state index in [9.17, 15) is 4.39 Å². The highest BCUT2D eigenvalue weighted by Gasteiger charge is 2.15. The van der Waals surface area contributed by atoms with Gasteiger partial charge in [0.2, 0.25) is 0 Å². The van der Waals surface area contributed by atoms with E-state index in [0.717, 1.165) is 16.6 Å². The summed E-state index contributed by atoms with van der Waals surface area (Å²) in [4.78, 5) is 8.15. The van der Waals surface area contributed by atoms with E-state index in [1.54, 1.807) is 6.20 Å². The van der Waals surface area contributed by atoms with Crippen molar-refractivity contribution in [3.8, 4) is 11.3 Å². The summed E-state index contributed by atoms with van der Waals surface area (Å²) in [5, 5.41) is 1.20. The number of halogens is 1. The fourth-order valence-electron chi connectivity index (χ4n) is 2.43. The van der Waals surface area contributed by atoms with Gasteiger partial charge in [0.05, 0.1) is 23.5 Å². The van der Waals surface area contributed by atoms with E-state index < -0.39 is 0 Å². The number of nitrogens with zero attached hydrogens (tertiary/aromatic N) is 2. The number of fused-ring (bicyclic) bond motifs is 3. The topological polar surface area (TPSA) is 38.9 Å². The quantitative estimate of drug-likeness (QED) is 0.517. The molecule has 0 fully saturated rings. The third-order valence-electron chi connectivity index (χ3n) is 3.30. The fraction of sp³-hybridized carbons (Fsp3) is 0. The van der Waals surface area contributed by atoms with Gasteiger partial charge in [-0.1, -0.05) is 18.2 Å². The van der Waals surface area contributed by atoms with Crippen LogP contribution in [0.25, 0.3) is 33.2 Å². The van der Waals surface area contributed by atoms with Crippen LogP contribution in [0.15, 0.2) is 59.4 Å². The number of para-hydroxylation sites is 1. The van der Waals surface area contributed by atoms with E-state index in [-0.39, 0.29) is 5.82 Å². The summed E-state index contributed by atoms with van der Waals surface area (Å²) in [5.74, 6) is -0.376. The Hall–Kier alpha value is -2.75. The molecule has 0 unspecified atom stereocenters. The number of hydrogen-bond acceptors (Lipinski definition) is 3. The van der Waals surface area contributed by atoms with Gasteiger partial charge in [-0.05, 0) is 18.2 Å². The highest BCUT2D eigenvalue weighted by atomic mass is 19.1. The summed E-state index contributed by atoms with van der Waals surface area (Å²) < 4.78 is 19.7. The molecule has 4 rings (SSSR count). The number of benzene rings is 1. The number of hydrogen-bond donors (Lipinski definition) is 0. The monoisotopic (exact) mass is 264 g/mol. The van der Waals surface area contributed by atoms with Gasteiger partial charge >= 0.3 is 0 Å². The van der Waals surface area contributed by atoms with Crippen LogP contribution in [0.3, 0.4) is 0 Å². The Kier molecular flexibility index (Phi) is 2.29. The normalized spacial score (nSPS) is 11.2. The molecular formula is C16H9FN2O. The van der Waals surface area contributed by atoms with Gasteiger partial charge in [-0.2, -0.15) is 0 Å². The maximum Gasteiger partial charge on any atom is 0.156 e. The second-order valence-electron chi connectivity index (χ2n) is 4.49. The molecular weight excluding hydrogens is 255 g/mol. The van der Waals surface area contributed by atoms with Crippen molar-refractivity contribution in [1.29, 1.82) is 0 Å². The molecule has 3 nitrogen and oxygen atoms in total. The summed E-state index contributed by atoms with van der Waals surface area (Å²) >= 11 is 0. The van der Waals surface area contributed by atoms with Gasteiger partial charge in [0.25, 0.3) is 0 Å². The molecule has 3 heterocycles. The summed E-state index contributed by atoms with van der Waals surface area (Å²) in [6, 6.07) is 11.3. The zero-order chi connectivity index (χ0) is 13.5. The standard InChI is InChI=1S/C16H9FN2O/c17-12-8-18-9-14-15(12)11-5-3-4-10(16(11)20-14)13-6-1-2-7-19-13/h1-9H. The van der Waals surface area contributed by atoms with Crippen molar-refractivity contribution in [2.24, 2.45) is 0 Å². The van der Waals surface area contributed by atoms with Gasteiger partial charge in [0, 0.05) is 17.1 Å². The molecule has 0 bridgehead atoms. The third kappa shape index (κ3) is 1.51. The van der Waals surface area contributed by atoms with E-state index >= 15 is 0 Å². The molecule has 1 aromatic carbocycles. The second kappa shape index (κ2) is 4.13. The summed E-state index contributed by atoms with van der Waals surface area (Å²) in [5.41, 5.74) is 2.72. The molecule has 96 valence electrons. The van der Waals surface area contributed by atoms with Crippen LogP contribution in [0.5, 0.6) is 0 Å². The predicted molar refractivity (Wildman–Crippen MR) is 74.7 cm³/mol. The maximum atomic E-state index is 13.9. The Labute approximate surface area is 113 Å². The lowest BCUT2D eigenvalue weighted by Crippen LogP contribution is -1.82. The van der Waals surface area contributed by atoms with E-state index in [0.29, 0.717) is 16.6 Å². The Morgan fingerprint density at radius 1 is 1.00 bits per heavy atom. The van der Waals surface area contributed by atoms with Crippen LogP contribution in [-0.2, 0) is 0 Å². The van der Waals surface area contributed by atoms with Crippen LogP contribution in [0.2, 0.25) is 0 Å². The van der Waals surface area contributed by atoms with Crippen molar-refractivity contribution in [2.45, 2.75) is 0 Å². The van der Waals surface area contributed by atoms with Crippen LogP contribution >= 0.6 is 0 Å². The first-order valence-electron chi connectivity index (χ1n) is 6.21. The molecule has 0 spiro atoms. The minimum atomic E-state index is -0.376. The summed E-state index contributed by atoms with van der Waals surface area (Å²) in [6.07, 6.45) is 4.45. The van der Waals surface area contributed by atoms with E-state index in [4.69, 9.17) is 4.42 Å². The molecule has 0 radical (unpaired) electrons. The van der Waals surface area contributed by atoms with Crippen LogP contribution in [0, 0.1) is 5.82 Å². The maximum absolute atomic E-state index is 13.9. The molecule has 0 saturated heterocycles. The molecule has 20 heavy (non-hydrogen) atoms. The number of aromatic nitrogens is 2. The molecule has 4 aromatic rings. The van der Waals surface area contributed by atoms with Gasteiger partial charge in [0.15, 0.2) is 11.4 Å². The van der Waals surface area contributed by atoms with Crippen molar-refractivity contribution in [3.05, 3.63) is 60.8 Å². The summed E-state index contributed by atoms with van der Waals surface area (Å²) in [6.45, 7) is 0. The van der Waals surface area contributed by atoms with Gasteiger partial charge in [-0.3, -0.25) is 9.97 Å². The Morgan fingerprint density at radius 2 is 1.95 bits per heavy atom. The Bertz CT molecular complexity index is 916. The van der Waals surface area contributed by atoms with Crippen LogP contribution in [0.1, 0.15) is 0 Å². The molecule has 0 aliphatic rings. The molecule has 0 aliphatic carbocycles. The van der Waals surface area contributed by atoms with E-state index in [1.807, 2.05) is 36.4 Å². The Balaban J connectivity index is 2.14. The molecule has 4 heteroatoms. The van der Waals surface area contributed by atoms with Gasteiger partial charge < -0.3 is 4.42 Å². The minimum Gasteiger partial charge on any atom is -0.454 e. The lowest BCUT2D eigenvalue weighted by Gasteiger charge is -2.00. The van der Waals surface area contributed by atoms with Gasteiger partial charge in [-0.15, -0.1) is 0 Å². The molecule has 0 saturated carbocycles. The zero-order valence-electron chi connectivity index (χ0n) is 10.4. The summed E-state index contributed by atoms with van der Waals surface area (Å²) in [7, 11) is 0. The largest absolute Gasteiger partial charge is 0.454 e. The number of pyridine rings is 2. The minimum absolute atomic E-state index is 0.376. The van der Waals surface area contributed by atoms with Crippen molar-refractivity contribution >= 4 is 21.9 Å². The van der Waals surface area contributed by atoms with Crippen molar-refractivity contribution in [1.82, 2.24) is 9.97 Å². The third-order valence-corrected chi connectivity index (χ3v) is 3.30. The van der Waals surface area contributed by atoms with Gasteiger partial charge in [-0.25, -0.2) is 4.39 Å². The van der Waals surface area contributed by atoms with Crippen LogP contribution in [-0.4, -0.2) is 9.97 Å². The van der Waals surface area contributed by atoms with E-state index in [2.05, 4.69) is 9.97 Å². The SMILES string of the molecule is Fc1cncc2oc3c(-c4ccccn4)cccc3c12. The highest BCUT2D eigenvalue weighted by Crippen LogP contribution is 2.35. The van der Waals surface area contributed by atoms with Crippen LogP contribution < -0.4 is 0 Å². The average Bonchev–Trinajstić information content (AvgIpc) is 2.88. The van der Waals surface area contributed by atoms with Crippen molar-refractivity contribution < 1.29 is 8.81 Å². The first-order valence-corrected chi connectivity index (χ1v) is 6.21. The average molecular weight is 264 g/mol. The highest BCUT2D eigenvalue weighted by molar-refractivity contribution is 6.09. The first kappa shape index (κ1) is 11.1. The molecule has 0 atom stereocenters. The van der Waals surface area contributed by atoms with E-state index in [1.165, 1.54) is 12.4 Å². The van der Waals surface area contributed by atoms with Crippen molar-refractivity contribution in [2.75, 3.05) is 0 Å². The smallest absolute Gasteiger partial charge is 0.156 e. The van der Waals surface area contributed by atoms with Crippen molar-refractivity contribution in [3.63, 3.8) is 0 Å². The molecule has 0 aliphatic heterocycles.